The second kappa shape index (κ2) is 5.95. The quantitative estimate of drug-likeness (QED) is 0.648. The number of carbonyl (C=O) groups is 3. The van der Waals surface area contributed by atoms with Crippen molar-refractivity contribution in [2.45, 2.75) is 0 Å². The Morgan fingerprint density at radius 3 is 2.38 bits per heavy atom. The molecule has 21 heavy (non-hydrogen) atoms. The maximum atomic E-state index is 12.3. The van der Waals surface area contributed by atoms with Crippen LogP contribution in [0.4, 0.5) is 0 Å². The van der Waals surface area contributed by atoms with Crippen LogP contribution < -0.4 is 0 Å². The van der Waals surface area contributed by atoms with Crippen LogP contribution in [0.5, 0.6) is 0 Å². The first kappa shape index (κ1) is 14.4. The highest BCUT2D eigenvalue weighted by Crippen LogP contribution is 2.17. The van der Waals surface area contributed by atoms with E-state index in [1.165, 1.54) is 12.3 Å². The first-order valence-corrected chi connectivity index (χ1v) is 5.80. The molecule has 0 saturated carbocycles. The lowest BCUT2D eigenvalue weighted by molar-refractivity contribution is 0.0551. The molecule has 0 bridgehead atoms. The van der Waals surface area contributed by atoms with E-state index in [-0.39, 0.29) is 22.6 Å². The molecule has 2 aromatic heterocycles. The minimum absolute atomic E-state index is 0.0885. The number of ketones is 1. The minimum atomic E-state index is -0.872. The van der Waals surface area contributed by atoms with E-state index in [1.54, 1.807) is 12.1 Å². The summed E-state index contributed by atoms with van der Waals surface area (Å²) in [5.41, 5.74) is -0.685. The topological polar surface area (TPSA) is 111 Å². The van der Waals surface area contributed by atoms with Gasteiger partial charge in [-0.15, -0.1) is 0 Å². The average Bonchev–Trinajstić information content (AvgIpc) is 2.98. The summed E-state index contributed by atoms with van der Waals surface area (Å²) in [6, 6.07) is 4.73. The zero-order chi connectivity index (χ0) is 15.4. The number of ether oxygens (including phenoxy) is 2. The molecular formula is C13H11N3O5. The van der Waals surface area contributed by atoms with E-state index in [4.69, 9.17) is 0 Å². The molecule has 2 heterocycles. The Morgan fingerprint density at radius 2 is 1.81 bits per heavy atom. The Kier molecular flexibility index (Phi) is 4.07. The molecule has 0 aliphatic heterocycles. The Bertz CT molecular complexity index is 693. The Hall–Kier alpha value is -3.03. The fourth-order valence-corrected chi connectivity index (χ4v) is 1.68. The molecule has 2 aromatic rings. The summed E-state index contributed by atoms with van der Waals surface area (Å²) in [6.45, 7) is 0. The van der Waals surface area contributed by atoms with Gasteiger partial charge < -0.3 is 9.47 Å². The van der Waals surface area contributed by atoms with Crippen molar-refractivity contribution in [3.05, 3.63) is 47.0 Å². The number of hydrogen-bond donors (Lipinski definition) is 1. The summed E-state index contributed by atoms with van der Waals surface area (Å²) in [5.74, 6) is -2.31. The third-order valence-corrected chi connectivity index (χ3v) is 2.66. The fourth-order valence-electron chi connectivity index (χ4n) is 1.68. The monoisotopic (exact) mass is 289 g/mol. The summed E-state index contributed by atoms with van der Waals surface area (Å²) in [5, 5.41) is 6.03. The number of H-pyrrole nitrogens is 1. The number of esters is 2. The molecule has 2 rings (SSSR count). The highest BCUT2D eigenvalue weighted by Gasteiger charge is 2.30. The number of methoxy groups -OCH3 is 2. The van der Waals surface area contributed by atoms with Gasteiger partial charge in [-0.1, -0.05) is 6.07 Å². The lowest BCUT2D eigenvalue weighted by Gasteiger charge is -2.02. The van der Waals surface area contributed by atoms with Gasteiger partial charge in [0, 0.05) is 6.20 Å². The van der Waals surface area contributed by atoms with Crippen molar-refractivity contribution in [2.75, 3.05) is 14.2 Å². The van der Waals surface area contributed by atoms with Gasteiger partial charge in [-0.2, -0.15) is 5.10 Å². The molecule has 0 aliphatic rings. The molecular weight excluding hydrogens is 278 g/mol. The van der Waals surface area contributed by atoms with E-state index in [0.717, 1.165) is 14.2 Å². The van der Waals surface area contributed by atoms with Crippen molar-refractivity contribution in [3.63, 3.8) is 0 Å². The van der Waals surface area contributed by atoms with E-state index in [1.807, 2.05) is 0 Å². The van der Waals surface area contributed by atoms with Gasteiger partial charge in [0.2, 0.25) is 5.78 Å². The maximum Gasteiger partial charge on any atom is 0.357 e. The summed E-state index contributed by atoms with van der Waals surface area (Å²) >= 11 is 0. The maximum absolute atomic E-state index is 12.3. The van der Waals surface area contributed by atoms with Crippen LogP contribution in [-0.2, 0) is 9.47 Å². The van der Waals surface area contributed by atoms with Gasteiger partial charge in [0.05, 0.1) is 14.2 Å². The van der Waals surface area contributed by atoms with Crippen molar-refractivity contribution >= 4 is 17.7 Å². The zero-order valence-corrected chi connectivity index (χ0v) is 11.2. The van der Waals surface area contributed by atoms with Crippen LogP contribution in [0.1, 0.15) is 37.0 Å². The number of nitrogens with zero attached hydrogens (tertiary/aromatic N) is 2. The number of aromatic amines is 1. The Labute approximate surface area is 119 Å². The van der Waals surface area contributed by atoms with Gasteiger partial charge in [-0.3, -0.25) is 14.9 Å². The van der Waals surface area contributed by atoms with E-state index in [9.17, 15) is 14.4 Å². The highest BCUT2D eigenvalue weighted by molar-refractivity contribution is 6.15. The summed E-state index contributed by atoms with van der Waals surface area (Å²) in [6.07, 6.45) is 1.43. The number of rotatable bonds is 4. The Morgan fingerprint density at radius 1 is 1.10 bits per heavy atom. The van der Waals surface area contributed by atoms with Crippen molar-refractivity contribution in [1.82, 2.24) is 15.2 Å². The number of hydrogen-bond acceptors (Lipinski definition) is 7. The molecule has 0 atom stereocenters. The number of aromatic nitrogens is 3. The average molecular weight is 289 g/mol. The predicted molar refractivity (Wildman–Crippen MR) is 68.9 cm³/mol. The lowest BCUT2D eigenvalue weighted by Crippen LogP contribution is -2.15. The van der Waals surface area contributed by atoms with Crippen LogP contribution in [0.25, 0.3) is 0 Å². The molecule has 0 amide bonds. The second-order valence-corrected chi connectivity index (χ2v) is 3.85. The van der Waals surface area contributed by atoms with Crippen molar-refractivity contribution in [1.29, 1.82) is 0 Å². The van der Waals surface area contributed by atoms with E-state index in [2.05, 4.69) is 24.7 Å². The van der Waals surface area contributed by atoms with E-state index in [0.29, 0.717) is 0 Å². The molecule has 0 aliphatic carbocycles. The van der Waals surface area contributed by atoms with Gasteiger partial charge in [0.25, 0.3) is 0 Å². The molecule has 0 saturated heterocycles. The molecule has 0 aromatic carbocycles. The number of carbonyl (C=O) groups excluding carboxylic acids is 3. The van der Waals surface area contributed by atoms with Crippen LogP contribution in [0.3, 0.4) is 0 Å². The molecule has 108 valence electrons. The molecule has 0 unspecified atom stereocenters. The smallest absolute Gasteiger partial charge is 0.357 e. The SMILES string of the molecule is COC(=O)c1[nH]nc(C(=O)c2ccccn2)c1C(=O)OC. The molecule has 0 fully saturated rings. The van der Waals surface area contributed by atoms with Gasteiger partial charge in [0.1, 0.15) is 17.0 Å². The van der Waals surface area contributed by atoms with Gasteiger partial charge in [-0.25, -0.2) is 9.59 Å². The highest BCUT2D eigenvalue weighted by atomic mass is 16.5. The molecule has 1 N–H and O–H groups in total. The van der Waals surface area contributed by atoms with Crippen LogP contribution in [0, 0.1) is 0 Å². The minimum Gasteiger partial charge on any atom is -0.465 e. The third kappa shape index (κ3) is 2.64. The largest absolute Gasteiger partial charge is 0.465 e. The summed E-state index contributed by atoms with van der Waals surface area (Å²) < 4.78 is 9.10. The third-order valence-electron chi connectivity index (χ3n) is 2.66. The lowest BCUT2D eigenvalue weighted by atomic mass is 10.1. The van der Waals surface area contributed by atoms with E-state index < -0.39 is 17.7 Å². The number of nitrogens with one attached hydrogen (secondary N) is 1. The predicted octanol–water partition coefficient (Wildman–Crippen LogP) is 0.609. The molecule has 8 nitrogen and oxygen atoms in total. The summed E-state index contributed by atoms with van der Waals surface area (Å²) in [4.78, 5) is 39.6. The van der Waals surface area contributed by atoms with Crippen molar-refractivity contribution < 1.29 is 23.9 Å². The first-order chi connectivity index (χ1) is 10.1. The standard InChI is InChI=1S/C13H11N3O5/c1-20-12(18)8-9(15-16-10(8)13(19)21-2)11(17)7-5-3-4-6-14-7/h3-6H,1-2H3,(H,15,16). The molecule has 8 heteroatoms. The zero-order valence-electron chi connectivity index (χ0n) is 11.2. The normalized spacial score (nSPS) is 10.0. The summed E-state index contributed by atoms with van der Waals surface area (Å²) in [7, 11) is 2.27. The first-order valence-electron chi connectivity index (χ1n) is 5.80. The van der Waals surface area contributed by atoms with Crippen LogP contribution in [0.15, 0.2) is 24.4 Å². The second-order valence-electron chi connectivity index (χ2n) is 3.85. The van der Waals surface area contributed by atoms with Gasteiger partial charge in [0.15, 0.2) is 5.69 Å². The van der Waals surface area contributed by atoms with Crippen LogP contribution in [0.2, 0.25) is 0 Å². The van der Waals surface area contributed by atoms with Crippen LogP contribution >= 0.6 is 0 Å². The molecule has 0 spiro atoms. The Balaban J connectivity index is 2.54. The van der Waals surface area contributed by atoms with Gasteiger partial charge >= 0.3 is 11.9 Å². The van der Waals surface area contributed by atoms with E-state index >= 15 is 0 Å². The number of pyridine rings is 1. The fraction of sp³-hybridized carbons (Fsp3) is 0.154. The van der Waals surface area contributed by atoms with Crippen molar-refractivity contribution in [3.8, 4) is 0 Å². The van der Waals surface area contributed by atoms with Crippen molar-refractivity contribution in [2.24, 2.45) is 0 Å². The van der Waals surface area contributed by atoms with Crippen LogP contribution in [-0.4, -0.2) is 47.1 Å². The van der Waals surface area contributed by atoms with Gasteiger partial charge in [-0.05, 0) is 12.1 Å². The molecule has 0 radical (unpaired) electrons.